The van der Waals surface area contributed by atoms with Gasteiger partial charge in [-0.1, -0.05) is 11.6 Å². The Morgan fingerprint density at radius 2 is 2.04 bits per heavy atom. The van der Waals surface area contributed by atoms with Crippen molar-refractivity contribution in [3.05, 3.63) is 33.3 Å². The maximum Gasteiger partial charge on any atom is 0.271 e. The largest absolute Gasteiger partial charge is 0.379 e. The number of nitro groups is 1. The Labute approximate surface area is 141 Å². The quantitative estimate of drug-likeness (QED) is 0.623. The van der Waals surface area contributed by atoms with Crippen LogP contribution in [0.5, 0.6) is 0 Å². The third kappa shape index (κ3) is 3.94. The number of anilines is 1. The van der Waals surface area contributed by atoms with Crippen LogP contribution in [0.3, 0.4) is 0 Å². The normalized spacial score (nSPS) is 23.0. The number of nitro benzene ring substituents is 1. The van der Waals surface area contributed by atoms with Gasteiger partial charge in [-0.05, 0) is 25.3 Å². The van der Waals surface area contributed by atoms with Gasteiger partial charge in [-0.25, -0.2) is 0 Å². The summed E-state index contributed by atoms with van der Waals surface area (Å²) in [7, 11) is 0. The molecule has 6 nitrogen and oxygen atoms in total. The van der Waals surface area contributed by atoms with Crippen LogP contribution in [0.25, 0.3) is 0 Å². The van der Waals surface area contributed by atoms with Gasteiger partial charge >= 0.3 is 0 Å². The molecule has 0 bridgehead atoms. The van der Waals surface area contributed by atoms with Crippen LogP contribution in [0.4, 0.5) is 11.4 Å². The monoisotopic (exact) mass is 339 g/mol. The van der Waals surface area contributed by atoms with Crippen molar-refractivity contribution in [2.24, 2.45) is 0 Å². The van der Waals surface area contributed by atoms with E-state index in [1.807, 2.05) is 0 Å². The second kappa shape index (κ2) is 7.47. The Morgan fingerprint density at radius 1 is 1.26 bits per heavy atom. The van der Waals surface area contributed by atoms with Gasteiger partial charge in [0.15, 0.2) is 0 Å². The summed E-state index contributed by atoms with van der Waals surface area (Å²) < 4.78 is 5.41. The van der Waals surface area contributed by atoms with Gasteiger partial charge in [-0.2, -0.15) is 0 Å². The Hall–Kier alpha value is -1.37. The fourth-order valence-electron chi connectivity index (χ4n) is 3.43. The van der Waals surface area contributed by atoms with E-state index in [-0.39, 0.29) is 5.69 Å². The number of morpholine rings is 1. The summed E-state index contributed by atoms with van der Waals surface area (Å²) in [6.07, 6.45) is 3.48. The Kier molecular flexibility index (Phi) is 5.35. The molecule has 3 rings (SSSR count). The van der Waals surface area contributed by atoms with Gasteiger partial charge in [-0.3, -0.25) is 15.0 Å². The van der Waals surface area contributed by atoms with Crippen LogP contribution < -0.4 is 4.90 Å². The molecular weight excluding hydrogens is 318 g/mol. The molecule has 0 aromatic heterocycles. The van der Waals surface area contributed by atoms with Crippen molar-refractivity contribution < 1.29 is 9.66 Å². The van der Waals surface area contributed by atoms with E-state index < -0.39 is 4.92 Å². The lowest BCUT2D eigenvalue weighted by Crippen LogP contribution is -2.49. The molecular formula is C16H22ClN3O3. The van der Waals surface area contributed by atoms with Gasteiger partial charge in [0.25, 0.3) is 5.69 Å². The van der Waals surface area contributed by atoms with Crippen LogP contribution in [0, 0.1) is 10.1 Å². The molecule has 23 heavy (non-hydrogen) atoms. The minimum atomic E-state index is -0.406. The molecule has 2 aliphatic heterocycles. The summed E-state index contributed by atoms with van der Waals surface area (Å²) in [5, 5.41) is 11.3. The first-order valence-electron chi connectivity index (χ1n) is 8.16. The molecule has 126 valence electrons. The summed E-state index contributed by atoms with van der Waals surface area (Å²) in [5.41, 5.74) is 0.954. The summed E-state index contributed by atoms with van der Waals surface area (Å²) in [5.74, 6) is 0. The lowest BCUT2D eigenvalue weighted by molar-refractivity contribution is -0.384. The predicted molar refractivity (Wildman–Crippen MR) is 90.4 cm³/mol. The van der Waals surface area contributed by atoms with E-state index in [0.29, 0.717) is 11.1 Å². The molecule has 0 amide bonds. The lowest BCUT2D eigenvalue weighted by Gasteiger charge is -2.41. The number of nitrogens with zero attached hydrogens (tertiary/aromatic N) is 3. The Balaban J connectivity index is 1.76. The van der Waals surface area contributed by atoms with Crippen LogP contribution in [0.15, 0.2) is 18.2 Å². The van der Waals surface area contributed by atoms with Crippen molar-refractivity contribution in [3.8, 4) is 0 Å². The minimum Gasteiger partial charge on any atom is -0.379 e. The van der Waals surface area contributed by atoms with Crippen molar-refractivity contribution in [1.29, 1.82) is 0 Å². The molecule has 0 radical (unpaired) electrons. The second-order valence-electron chi connectivity index (χ2n) is 6.15. The first-order chi connectivity index (χ1) is 11.1. The average molecular weight is 340 g/mol. The van der Waals surface area contributed by atoms with E-state index in [1.54, 1.807) is 12.1 Å². The number of benzene rings is 1. The highest BCUT2D eigenvalue weighted by Gasteiger charge is 2.27. The van der Waals surface area contributed by atoms with Crippen LogP contribution in [0.2, 0.25) is 5.02 Å². The van der Waals surface area contributed by atoms with Crippen LogP contribution in [-0.2, 0) is 4.74 Å². The zero-order valence-electron chi connectivity index (χ0n) is 13.1. The SMILES string of the molecule is O=[N+]([O-])c1ccc(N2CCCC[C@H]2CN2CCOCC2)c(Cl)c1. The van der Waals surface area contributed by atoms with Crippen molar-refractivity contribution in [3.63, 3.8) is 0 Å². The van der Waals surface area contributed by atoms with Crippen LogP contribution in [0.1, 0.15) is 19.3 Å². The highest BCUT2D eigenvalue weighted by molar-refractivity contribution is 6.33. The molecule has 2 aliphatic rings. The van der Waals surface area contributed by atoms with E-state index in [0.717, 1.165) is 57.9 Å². The zero-order valence-corrected chi connectivity index (χ0v) is 13.9. The van der Waals surface area contributed by atoms with E-state index in [9.17, 15) is 10.1 Å². The first kappa shape index (κ1) is 16.5. The van der Waals surface area contributed by atoms with Crippen LogP contribution in [-0.4, -0.2) is 55.3 Å². The molecule has 0 aliphatic carbocycles. The van der Waals surface area contributed by atoms with Gasteiger partial charge in [0.2, 0.25) is 0 Å². The van der Waals surface area contributed by atoms with Gasteiger partial charge in [0.05, 0.1) is 28.8 Å². The molecule has 7 heteroatoms. The van der Waals surface area contributed by atoms with E-state index >= 15 is 0 Å². The number of halogens is 1. The number of rotatable bonds is 4. The number of ether oxygens (including phenoxy) is 1. The van der Waals surface area contributed by atoms with Crippen LogP contribution >= 0.6 is 11.6 Å². The first-order valence-corrected chi connectivity index (χ1v) is 8.53. The molecule has 2 saturated heterocycles. The molecule has 0 saturated carbocycles. The average Bonchev–Trinajstić information content (AvgIpc) is 2.56. The standard InChI is InChI=1S/C16H22ClN3O3/c17-15-11-13(20(21)22)4-5-16(15)19-6-2-1-3-14(19)12-18-7-9-23-10-8-18/h4-5,11,14H,1-3,6-10,12H2/t14-/m0/s1. The number of piperidine rings is 1. The van der Waals surface area contributed by atoms with E-state index in [1.165, 1.54) is 12.5 Å². The Morgan fingerprint density at radius 3 is 2.74 bits per heavy atom. The summed E-state index contributed by atoms with van der Waals surface area (Å²) in [6, 6.07) is 5.19. The van der Waals surface area contributed by atoms with Crippen molar-refractivity contribution in [2.75, 3.05) is 44.3 Å². The molecule has 1 atom stereocenters. The van der Waals surface area contributed by atoms with E-state index in [2.05, 4.69) is 9.80 Å². The van der Waals surface area contributed by atoms with Crippen molar-refractivity contribution >= 4 is 23.0 Å². The topological polar surface area (TPSA) is 58.9 Å². The summed E-state index contributed by atoms with van der Waals surface area (Å²) in [6.45, 7) is 5.48. The second-order valence-corrected chi connectivity index (χ2v) is 6.56. The zero-order chi connectivity index (χ0) is 16.2. The fraction of sp³-hybridized carbons (Fsp3) is 0.625. The third-order valence-corrected chi connectivity index (χ3v) is 4.95. The minimum absolute atomic E-state index is 0.0421. The fourth-order valence-corrected chi connectivity index (χ4v) is 3.71. The molecule has 1 aromatic carbocycles. The predicted octanol–water partition coefficient (Wildman–Crippen LogP) is 2.94. The van der Waals surface area contributed by atoms with Gasteiger partial charge < -0.3 is 9.64 Å². The summed E-state index contributed by atoms with van der Waals surface area (Å²) in [4.78, 5) is 15.2. The lowest BCUT2D eigenvalue weighted by atomic mass is 10.00. The molecule has 2 heterocycles. The summed E-state index contributed by atoms with van der Waals surface area (Å²) >= 11 is 6.34. The number of hydrogen-bond acceptors (Lipinski definition) is 5. The Bertz CT molecular complexity index is 564. The molecule has 0 N–H and O–H groups in total. The maximum absolute atomic E-state index is 10.9. The highest BCUT2D eigenvalue weighted by Crippen LogP contribution is 2.34. The molecule has 1 aromatic rings. The molecule has 0 unspecified atom stereocenters. The maximum atomic E-state index is 10.9. The van der Waals surface area contributed by atoms with Crippen molar-refractivity contribution in [2.45, 2.75) is 25.3 Å². The third-order valence-electron chi connectivity index (χ3n) is 4.65. The smallest absolute Gasteiger partial charge is 0.271 e. The molecule has 2 fully saturated rings. The number of hydrogen-bond donors (Lipinski definition) is 0. The van der Waals surface area contributed by atoms with Gasteiger partial charge in [-0.15, -0.1) is 0 Å². The van der Waals surface area contributed by atoms with Crippen molar-refractivity contribution in [1.82, 2.24) is 4.90 Å². The molecule has 0 spiro atoms. The number of non-ortho nitro benzene ring substituents is 1. The van der Waals surface area contributed by atoms with Gasteiger partial charge in [0, 0.05) is 44.4 Å². The highest BCUT2D eigenvalue weighted by atomic mass is 35.5. The van der Waals surface area contributed by atoms with E-state index in [4.69, 9.17) is 16.3 Å². The van der Waals surface area contributed by atoms with Gasteiger partial charge in [0.1, 0.15) is 0 Å².